The van der Waals surface area contributed by atoms with E-state index < -0.39 is 0 Å². The molecule has 0 aromatic rings. The maximum atomic E-state index is 13.7. The highest BCUT2D eigenvalue weighted by atomic mass is 16.5. The van der Waals surface area contributed by atoms with Gasteiger partial charge in [0.1, 0.15) is 6.10 Å². The van der Waals surface area contributed by atoms with Crippen LogP contribution in [0, 0.1) is 22.2 Å². The lowest BCUT2D eigenvalue weighted by Gasteiger charge is -2.65. The van der Waals surface area contributed by atoms with Crippen LogP contribution in [-0.2, 0) is 14.3 Å². The molecule has 2 heterocycles. The molecule has 2 aliphatic heterocycles. The van der Waals surface area contributed by atoms with Crippen molar-refractivity contribution in [2.75, 3.05) is 32.8 Å². The van der Waals surface area contributed by atoms with E-state index in [0.29, 0.717) is 49.5 Å². The summed E-state index contributed by atoms with van der Waals surface area (Å²) in [6, 6.07) is 0. The Morgan fingerprint density at radius 1 is 0.889 bits per heavy atom. The summed E-state index contributed by atoms with van der Waals surface area (Å²) in [7, 11) is 0. The summed E-state index contributed by atoms with van der Waals surface area (Å²) in [5, 5.41) is 0. The molecule has 6 fully saturated rings. The Labute approximate surface area is 162 Å². The number of carbonyl (C=O) groups is 2. The van der Waals surface area contributed by atoms with Crippen molar-refractivity contribution in [3.63, 3.8) is 0 Å². The van der Waals surface area contributed by atoms with Crippen LogP contribution in [0.15, 0.2) is 0 Å². The van der Waals surface area contributed by atoms with Gasteiger partial charge in [0.2, 0.25) is 5.91 Å². The van der Waals surface area contributed by atoms with Crippen molar-refractivity contribution in [1.29, 1.82) is 0 Å². The average molecular weight is 375 g/mol. The molecule has 4 aliphatic carbocycles. The molecule has 5 nitrogen and oxygen atoms in total. The number of nitrogens with zero attached hydrogens (tertiary/aromatic N) is 2. The van der Waals surface area contributed by atoms with Gasteiger partial charge in [-0.05, 0) is 68.1 Å². The number of piperazine rings is 1. The maximum Gasteiger partial charge on any atom is 0.251 e. The first-order chi connectivity index (χ1) is 12.8. The van der Waals surface area contributed by atoms with Gasteiger partial charge in [0.15, 0.2) is 0 Å². The van der Waals surface area contributed by atoms with Gasteiger partial charge in [0.05, 0.1) is 5.41 Å². The quantitative estimate of drug-likeness (QED) is 0.747. The van der Waals surface area contributed by atoms with E-state index in [-0.39, 0.29) is 17.4 Å². The van der Waals surface area contributed by atoms with Crippen LogP contribution >= 0.6 is 0 Å². The normalized spacial score (nSPS) is 46.1. The van der Waals surface area contributed by atoms with E-state index in [1.165, 1.54) is 19.3 Å². The third-order valence-corrected chi connectivity index (χ3v) is 8.16. The van der Waals surface area contributed by atoms with Crippen LogP contribution in [0.3, 0.4) is 0 Å². The van der Waals surface area contributed by atoms with Crippen molar-refractivity contribution in [2.45, 2.75) is 71.3 Å². The highest BCUT2D eigenvalue weighted by Gasteiger charge is 2.63. The first-order valence-electron chi connectivity index (χ1n) is 11.0. The van der Waals surface area contributed by atoms with E-state index in [9.17, 15) is 9.59 Å². The first kappa shape index (κ1) is 18.0. The minimum Gasteiger partial charge on any atom is -0.368 e. The highest BCUT2D eigenvalue weighted by molar-refractivity contribution is 5.85. The van der Waals surface area contributed by atoms with Crippen LogP contribution in [0.4, 0.5) is 0 Å². The summed E-state index contributed by atoms with van der Waals surface area (Å²) >= 11 is 0. The number of hydrogen-bond donors (Lipinski definition) is 0. The zero-order chi connectivity index (χ0) is 18.9. The SMILES string of the molecule is C[C@]12CC3CC(C(=O)N4CCN(C(=O)[C@@H]5CCCO5)CC4)(C1)C[C@@](C)(C3)C2. The van der Waals surface area contributed by atoms with E-state index in [1.807, 2.05) is 4.90 Å². The second-order valence-corrected chi connectivity index (χ2v) is 11.0. The fourth-order valence-corrected chi connectivity index (χ4v) is 8.13. The summed E-state index contributed by atoms with van der Waals surface area (Å²) in [6.45, 7) is 8.27. The predicted octanol–water partition coefficient (Wildman–Crippen LogP) is 2.83. The van der Waals surface area contributed by atoms with Gasteiger partial charge in [-0.25, -0.2) is 0 Å². The van der Waals surface area contributed by atoms with Crippen LogP contribution in [0.1, 0.15) is 65.2 Å². The zero-order valence-corrected chi connectivity index (χ0v) is 17.0. The average Bonchev–Trinajstić information content (AvgIpc) is 3.12. The summed E-state index contributed by atoms with van der Waals surface area (Å²) in [5.74, 6) is 1.27. The van der Waals surface area contributed by atoms with E-state index in [0.717, 1.165) is 38.0 Å². The number of ether oxygens (including phenoxy) is 1. The number of amides is 2. The fourth-order valence-electron chi connectivity index (χ4n) is 8.13. The van der Waals surface area contributed by atoms with Crippen LogP contribution in [-0.4, -0.2) is 60.5 Å². The molecule has 6 aliphatic rings. The van der Waals surface area contributed by atoms with Gasteiger partial charge in [-0.15, -0.1) is 0 Å². The number of carbonyl (C=O) groups excluding carboxylic acids is 2. The summed E-state index contributed by atoms with van der Waals surface area (Å²) in [4.78, 5) is 30.2. The molecule has 0 radical (unpaired) electrons. The summed E-state index contributed by atoms with van der Waals surface area (Å²) in [6.07, 6.45) is 8.80. The first-order valence-corrected chi connectivity index (χ1v) is 11.0. The fraction of sp³-hybridized carbons (Fsp3) is 0.909. The molecule has 4 saturated carbocycles. The largest absolute Gasteiger partial charge is 0.368 e. The third-order valence-electron chi connectivity index (χ3n) is 8.16. The molecule has 6 rings (SSSR count). The lowest BCUT2D eigenvalue weighted by molar-refractivity contribution is -0.181. The van der Waals surface area contributed by atoms with Gasteiger partial charge in [-0.3, -0.25) is 9.59 Å². The van der Waals surface area contributed by atoms with Crippen molar-refractivity contribution in [2.24, 2.45) is 22.2 Å². The standard InChI is InChI=1S/C22H34N2O3/c1-20-10-16-11-21(2,13-20)15-22(12-16,14-20)19(26)24-7-5-23(6-8-24)18(25)17-4-3-9-27-17/h16-17H,3-15H2,1-2H3/t16?,17-,20-,21+,22?/m0/s1. The minimum atomic E-state index is -0.240. The van der Waals surface area contributed by atoms with Crippen molar-refractivity contribution >= 4 is 11.8 Å². The molecule has 0 spiro atoms. The zero-order valence-electron chi connectivity index (χ0n) is 17.0. The maximum absolute atomic E-state index is 13.7. The van der Waals surface area contributed by atoms with E-state index in [2.05, 4.69) is 18.7 Å². The monoisotopic (exact) mass is 374 g/mol. The smallest absolute Gasteiger partial charge is 0.251 e. The Balaban J connectivity index is 1.26. The van der Waals surface area contributed by atoms with E-state index in [4.69, 9.17) is 4.74 Å². The van der Waals surface area contributed by atoms with Gasteiger partial charge in [0, 0.05) is 32.8 Å². The second kappa shape index (κ2) is 5.95. The topological polar surface area (TPSA) is 49.9 Å². The lowest BCUT2D eigenvalue weighted by Crippen LogP contribution is -2.62. The van der Waals surface area contributed by atoms with Gasteiger partial charge < -0.3 is 14.5 Å². The van der Waals surface area contributed by atoms with Gasteiger partial charge >= 0.3 is 0 Å². The molecule has 27 heavy (non-hydrogen) atoms. The molecule has 0 aromatic heterocycles. The Bertz CT molecular complexity index is 630. The van der Waals surface area contributed by atoms with E-state index in [1.54, 1.807) is 0 Å². The number of hydrogen-bond acceptors (Lipinski definition) is 3. The Kier molecular flexibility index (Phi) is 3.96. The van der Waals surface area contributed by atoms with E-state index >= 15 is 0 Å². The van der Waals surface area contributed by atoms with Crippen molar-refractivity contribution in [3.8, 4) is 0 Å². The molecule has 2 unspecified atom stereocenters. The van der Waals surface area contributed by atoms with Gasteiger partial charge in [-0.1, -0.05) is 13.8 Å². The minimum absolute atomic E-state index is 0.121. The Morgan fingerprint density at radius 3 is 2.07 bits per heavy atom. The second-order valence-electron chi connectivity index (χ2n) is 11.0. The van der Waals surface area contributed by atoms with Crippen LogP contribution < -0.4 is 0 Å². The molecule has 0 aromatic carbocycles. The molecule has 5 atom stereocenters. The Hall–Kier alpha value is -1.10. The van der Waals surface area contributed by atoms with Crippen molar-refractivity contribution in [3.05, 3.63) is 0 Å². The number of rotatable bonds is 2. The van der Waals surface area contributed by atoms with Crippen LogP contribution in [0.2, 0.25) is 0 Å². The molecular weight excluding hydrogens is 340 g/mol. The highest BCUT2D eigenvalue weighted by Crippen LogP contribution is 2.69. The summed E-state index contributed by atoms with van der Waals surface area (Å²) < 4.78 is 5.56. The third kappa shape index (κ3) is 2.92. The van der Waals surface area contributed by atoms with Crippen molar-refractivity contribution < 1.29 is 14.3 Å². The molecule has 4 bridgehead atoms. The molecule has 150 valence electrons. The molecule has 5 heteroatoms. The molecule has 0 N–H and O–H groups in total. The molecular formula is C22H34N2O3. The summed E-state index contributed by atoms with van der Waals surface area (Å²) in [5.41, 5.74) is 0.604. The van der Waals surface area contributed by atoms with Crippen LogP contribution in [0.25, 0.3) is 0 Å². The molecule has 2 saturated heterocycles. The lowest BCUT2D eigenvalue weighted by atomic mass is 9.40. The predicted molar refractivity (Wildman–Crippen MR) is 102 cm³/mol. The van der Waals surface area contributed by atoms with Crippen LogP contribution in [0.5, 0.6) is 0 Å². The molecule has 2 amide bonds. The van der Waals surface area contributed by atoms with Gasteiger partial charge in [-0.2, -0.15) is 0 Å². The van der Waals surface area contributed by atoms with Crippen molar-refractivity contribution in [1.82, 2.24) is 9.80 Å². The van der Waals surface area contributed by atoms with Gasteiger partial charge in [0.25, 0.3) is 5.91 Å². The Morgan fingerprint density at radius 2 is 1.52 bits per heavy atom.